The van der Waals surface area contributed by atoms with Crippen LogP contribution in [0, 0.1) is 0 Å². The van der Waals surface area contributed by atoms with E-state index in [0.717, 1.165) is 25.9 Å². The number of carbonyl (C=O) groups is 1. The van der Waals surface area contributed by atoms with E-state index in [4.69, 9.17) is 9.47 Å². The van der Waals surface area contributed by atoms with Crippen LogP contribution in [0.15, 0.2) is 0 Å². The van der Waals surface area contributed by atoms with Gasteiger partial charge in [-0.3, -0.25) is 9.69 Å². The summed E-state index contributed by atoms with van der Waals surface area (Å²) in [5, 5.41) is 0. The number of esters is 1. The summed E-state index contributed by atoms with van der Waals surface area (Å²) in [6.45, 7) is 4.03. The van der Waals surface area contributed by atoms with Gasteiger partial charge in [0.05, 0.1) is 6.73 Å². The van der Waals surface area contributed by atoms with Gasteiger partial charge in [-0.05, 0) is 12.8 Å². The number of carbonyl (C=O) groups excluding carboxylic acids is 1. The van der Waals surface area contributed by atoms with Gasteiger partial charge in [-0.1, -0.05) is 0 Å². The SMILES string of the molecule is COCN1CCC(OC(C)=O)CC1. The normalized spacial score (nSPS) is 20.2. The molecule has 1 fully saturated rings. The molecule has 0 radical (unpaired) electrons. The zero-order chi connectivity index (χ0) is 9.68. The van der Waals surface area contributed by atoms with E-state index in [1.807, 2.05) is 0 Å². The third-order valence-electron chi connectivity index (χ3n) is 2.18. The zero-order valence-electron chi connectivity index (χ0n) is 8.28. The van der Waals surface area contributed by atoms with Crippen molar-refractivity contribution in [1.29, 1.82) is 0 Å². The van der Waals surface area contributed by atoms with Gasteiger partial charge in [0, 0.05) is 27.1 Å². The van der Waals surface area contributed by atoms with Crippen LogP contribution in [0.25, 0.3) is 0 Å². The molecule has 0 amide bonds. The second kappa shape index (κ2) is 5.19. The Morgan fingerprint density at radius 2 is 2.08 bits per heavy atom. The summed E-state index contributed by atoms with van der Waals surface area (Å²) in [4.78, 5) is 12.9. The molecular formula is C9H17NO3. The van der Waals surface area contributed by atoms with Crippen LogP contribution in [-0.4, -0.2) is 43.9 Å². The molecule has 4 heteroatoms. The van der Waals surface area contributed by atoms with E-state index in [9.17, 15) is 4.79 Å². The van der Waals surface area contributed by atoms with Gasteiger partial charge in [-0.15, -0.1) is 0 Å². The molecule has 0 aromatic carbocycles. The monoisotopic (exact) mass is 187 g/mol. The maximum atomic E-state index is 10.7. The summed E-state index contributed by atoms with van der Waals surface area (Å²) in [5.41, 5.74) is 0. The molecule has 0 bridgehead atoms. The van der Waals surface area contributed by atoms with Gasteiger partial charge >= 0.3 is 5.97 Å². The predicted octanol–water partition coefficient (Wildman–Crippen LogP) is 0.618. The number of hydrogen-bond acceptors (Lipinski definition) is 4. The third-order valence-corrected chi connectivity index (χ3v) is 2.18. The highest BCUT2D eigenvalue weighted by Gasteiger charge is 2.20. The quantitative estimate of drug-likeness (QED) is 0.607. The zero-order valence-corrected chi connectivity index (χ0v) is 8.28. The minimum atomic E-state index is -0.176. The Morgan fingerprint density at radius 1 is 1.46 bits per heavy atom. The number of ether oxygens (including phenoxy) is 2. The highest BCUT2D eigenvalue weighted by atomic mass is 16.5. The molecule has 0 N–H and O–H groups in total. The highest BCUT2D eigenvalue weighted by molar-refractivity contribution is 5.66. The van der Waals surface area contributed by atoms with Crippen LogP contribution in [0.3, 0.4) is 0 Å². The van der Waals surface area contributed by atoms with E-state index in [2.05, 4.69) is 4.90 Å². The van der Waals surface area contributed by atoms with Gasteiger partial charge in [0.15, 0.2) is 0 Å². The van der Waals surface area contributed by atoms with Crippen molar-refractivity contribution in [3.8, 4) is 0 Å². The summed E-state index contributed by atoms with van der Waals surface area (Å²) in [6, 6.07) is 0. The second-order valence-electron chi connectivity index (χ2n) is 3.34. The minimum Gasteiger partial charge on any atom is -0.462 e. The van der Waals surface area contributed by atoms with Crippen LogP contribution >= 0.6 is 0 Å². The van der Waals surface area contributed by atoms with Crippen LogP contribution in [0.1, 0.15) is 19.8 Å². The van der Waals surface area contributed by atoms with E-state index in [0.29, 0.717) is 6.73 Å². The van der Waals surface area contributed by atoms with Crippen molar-refractivity contribution >= 4 is 5.97 Å². The predicted molar refractivity (Wildman–Crippen MR) is 48.2 cm³/mol. The molecule has 1 aliphatic rings. The van der Waals surface area contributed by atoms with E-state index >= 15 is 0 Å². The van der Waals surface area contributed by atoms with Crippen molar-refractivity contribution in [3.63, 3.8) is 0 Å². The van der Waals surface area contributed by atoms with Crippen molar-refractivity contribution in [1.82, 2.24) is 4.90 Å². The van der Waals surface area contributed by atoms with Crippen molar-refractivity contribution in [2.75, 3.05) is 26.9 Å². The summed E-state index contributed by atoms with van der Waals surface area (Å²) < 4.78 is 10.1. The largest absolute Gasteiger partial charge is 0.462 e. The molecule has 13 heavy (non-hydrogen) atoms. The fourth-order valence-corrected chi connectivity index (χ4v) is 1.57. The molecule has 0 atom stereocenters. The number of likely N-dealkylation sites (tertiary alicyclic amines) is 1. The van der Waals surface area contributed by atoms with Gasteiger partial charge in [0.25, 0.3) is 0 Å². The molecule has 0 aromatic heterocycles. The smallest absolute Gasteiger partial charge is 0.302 e. The number of nitrogens with zero attached hydrogens (tertiary/aromatic N) is 1. The lowest BCUT2D eigenvalue weighted by Crippen LogP contribution is -2.38. The average Bonchev–Trinajstić information content (AvgIpc) is 2.08. The molecular weight excluding hydrogens is 170 g/mol. The van der Waals surface area contributed by atoms with E-state index in [-0.39, 0.29) is 12.1 Å². The maximum Gasteiger partial charge on any atom is 0.302 e. The van der Waals surface area contributed by atoms with Crippen LogP contribution < -0.4 is 0 Å². The number of hydrogen-bond donors (Lipinski definition) is 0. The lowest BCUT2D eigenvalue weighted by atomic mass is 10.1. The Bertz CT molecular complexity index is 164. The fraction of sp³-hybridized carbons (Fsp3) is 0.889. The first-order valence-electron chi connectivity index (χ1n) is 4.61. The van der Waals surface area contributed by atoms with Crippen molar-refractivity contribution in [2.24, 2.45) is 0 Å². The number of methoxy groups -OCH3 is 1. The Hall–Kier alpha value is -0.610. The van der Waals surface area contributed by atoms with Gasteiger partial charge in [0.1, 0.15) is 6.10 Å². The van der Waals surface area contributed by atoms with E-state index in [1.165, 1.54) is 6.92 Å². The lowest BCUT2D eigenvalue weighted by molar-refractivity contribution is -0.148. The van der Waals surface area contributed by atoms with Crippen molar-refractivity contribution in [2.45, 2.75) is 25.9 Å². The topological polar surface area (TPSA) is 38.8 Å². The summed E-state index contributed by atoms with van der Waals surface area (Å²) in [7, 11) is 1.69. The Morgan fingerprint density at radius 3 is 2.54 bits per heavy atom. The minimum absolute atomic E-state index is 0.116. The van der Waals surface area contributed by atoms with Gasteiger partial charge in [-0.2, -0.15) is 0 Å². The third kappa shape index (κ3) is 3.74. The molecule has 1 rings (SSSR count). The molecule has 0 aromatic rings. The summed E-state index contributed by atoms with van der Waals surface area (Å²) in [5.74, 6) is -0.176. The Kier molecular flexibility index (Phi) is 4.18. The van der Waals surface area contributed by atoms with Crippen LogP contribution in [0.2, 0.25) is 0 Å². The summed E-state index contributed by atoms with van der Waals surface area (Å²) in [6.07, 6.45) is 1.96. The Labute approximate surface area is 78.8 Å². The summed E-state index contributed by atoms with van der Waals surface area (Å²) >= 11 is 0. The van der Waals surface area contributed by atoms with E-state index in [1.54, 1.807) is 7.11 Å². The molecule has 4 nitrogen and oxygen atoms in total. The van der Waals surface area contributed by atoms with Crippen molar-refractivity contribution in [3.05, 3.63) is 0 Å². The highest BCUT2D eigenvalue weighted by Crippen LogP contribution is 2.13. The van der Waals surface area contributed by atoms with Gasteiger partial charge in [-0.25, -0.2) is 0 Å². The molecule has 0 aliphatic carbocycles. The first kappa shape index (κ1) is 10.5. The molecule has 76 valence electrons. The molecule has 1 heterocycles. The van der Waals surface area contributed by atoms with Crippen molar-refractivity contribution < 1.29 is 14.3 Å². The van der Waals surface area contributed by atoms with Crippen LogP contribution in [0.5, 0.6) is 0 Å². The fourth-order valence-electron chi connectivity index (χ4n) is 1.57. The number of rotatable bonds is 3. The maximum absolute atomic E-state index is 10.7. The molecule has 1 aliphatic heterocycles. The van der Waals surface area contributed by atoms with Gasteiger partial charge in [0.2, 0.25) is 0 Å². The lowest BCUT2D eigenvalue weighted by Gasteiger charge is -2.30. The van der Waals surface area contributed by atoms with Crippen LogP contribution in [-0.2, 0) is 14.3 Å². The average molecular weight is 187 g/mol. The van der Waals surface area contributed by atoms with Gasteiger partial charge < -0.3 is 9.47 Å². The molecule has 0 spiro atoms. The molecule has 0 saturated carbocycles. The molecule has 0 unspecified atom stereocenters. The van der Waals surface area contributed by atoms with E-state index < -0.39 is 0 Å². The molecule has 1 saturated heterocycles. The van der Waals surface area contributed by atoms with Crippen LogP contribution in [0.4, 0.5) is 0 Å². The second-order valence-corrected chi connectivity index (χ2v) is 3.34. The standard InChI is InChI=1S/C9H17NO3/c1-8(11)13-9-3-5-10(6-4-9)7-12-2/h9H,3-7H2,1-2H3. The first-order chi connectivity index (χ1) is 6.22. The first-order valence-corrected chi connectivity index (χ1v) is 4.61. The number of piperidine rings is 1. The Balaban J connectivity index is 2.18.